The Labute approximate surface area is 122 Å². The minimum absolute atomic E-state index is 0.261. The van der Waals surface area contributed by atoms with Gasteiger partial charge in [0.2, 0.25) is 0 Å². The third kappa shape index (κ3) is 3.46. The van der Waals surface area contributed by atoms with Crippen LogP contribution >= 0.6 is 11.6 Å². The summed E-state index contributed by atoms with van der Waals surface area (Å²) in [5, 5.41) is 4.01. The molecule has 1 N–H and O–H groups in total. The van der Waals surface area contributed by atoms with Crippen molar-refractivity contribution in [3.8, 4) is 0 Å². The molecule has 0 radical (unpaired) electrons. The maximum Gasteiger partial charge on any atom is 0.0708 e. The van der Waals surface area contributed by atoms with Crippen molar-refractivity contribution in [1.82, 2.24) is 5.32 Å². The van der Waals surface area contributed by atoms with Gasteiger partial charge >= 0.3 is 0 Å². The van der Waals surface area contributed by atoms with Crippen LogP contribution in [0.25, 0.3) is 0 Å². The summed E-state index contributed by atoms with van der Waals surface area (Å²) in [4.78, 5) is 0. The van der Waals surface area contributed by atoms with Crippen LogP contribution in [0.5, 0.6) is 0 Å². The monoisotopic (exact) mass is 285 g/mol. The zero-order valence-electron chi connectivity index (χ0n) is 12.0. The minimum atomic E-state index is 0.261. The molecule has 3 unspecified atom stereocenters. The highest BCUT2D eigenvalue weighted by atomic mass is 35.5. The van der Waals surface area contributed by atoms with Gasteiger partial charge in [-0.2, -0.15) is 0 Å². The van der Waals surface area contributed by atoms with Crippen LogP contribution in [-0.2, 0) is 4.74 Å². The van der Waals surface area contributed by atoms with Crippen LogP contribution in [0, 0.1) is 0 Å². The van der Waals surface area contributed by atoms with E-state index in [0.29, 0.717) is 17.5 Å². The second kappa shape index (κ2) is 6.32. The molecular weight excluding hydrogens is 258 g/mol. The Kier molecular flexibility index (Phi) is 4.71. The maximum absolute atomic E-state index is 6.41. The molecule has 110 valence electrons. The van der Waals surface area contributed by atoms with Crippen LogP contribution in [0.1, 0.15) is 70.6 Å². The second-order valence-corrected chi connectivity index (χ2v) is 7.40. The number of rotatable bonds is 3. The van der Waals surface area contributed by atoms with Gasteiger partial charge < -0.3 is 10.1 Å². The first-order chi connectivity index (χ1) is 9.27. The van der Waals surface area contributed by atoms with Gasteiger partial charge in [-0.25, -0.2) is 0 Å². The summed E-state index contributed by atoms with van der Waals surface area (Å²) in [6.07, 6.45) is 14.7. The van der Waals surface area contributed by atoms with Gasteiger partial charge in [0.05, 0.1) is 11.7 Å². The summed E-state index contributed by atoms with van der Waals surface area (Å²) >= 11 is 6.41. The third-order valence-electron chi connectivity index (χ3n) is 5.39. The number of nitrogens with one attached hydrogen (secondary N) is 1. The standard InChI is InChI=1S/C16H28ClNO/c17-14-6-2-3-7-15(14)18-12-13-8-11-16(19-13)9-4-1-5-10-16/h13-15,18H,1-12H2. The van der Waals surface area contributed by atoms with Gasteiger partial charge in [-0.15, -0.1) is 11.6 Å². The summed E-state index contributed by atoms with van der Waals surface area (Å²) in [6.45, 7) is 1.01. The van der Waals surface area contributed by atoms with Crippen LogP contribution in [0.4, 0.5) is 0 Å². The Balaban J connectivity index is 1.44. The van der Waals surface area contributed by atoms with Gasteiger partial charge in [0, 0.05) is 18.0 Å². The summed E-state index contributed by atoms with van der Waals surface area (Å²) in [7, 11) is 0. The fourth-order valence-corrected chi connectivity index (χ4v) is 4.57. The normalized spacial score (nSPS) is 38.7. The largest absolute Gasteiger partial charge is 0.370 e. The smallest absolute Gasteiger partial charge is 0.0708 e. The van der Waals surface area contributed by atoms with Crippen molar-refractivity contribution in [2.45, 2.75) is 93.8 Å². The van der Waals surface area contributed by atoms with Gasteiger partial charge in [-0.3, -0.25) is 0 Å². The average molecular weight is 286 g/mol. The molecule has 3 aliphatic rings. The molecule has 3 fully saturated rings. The van der Waals surface area contributed by atoms with Crippen molar-refractivity contribution in [2.24, 2.45) is 0 Å². The maximum atomic E-state index is 6.41. The highest BCUT2D eigenvalue weighted by Gasteiger charge is 2.40. The Bertz CT molecular complexity index is 290. The SMILES string of the molecule is ClC1CCCCC1NCC1CCC2(CCCCC2)O1. The van der Waals surface area contributed by atoms with E-state index in [9.17, 15) is 0 Å². The lowest BCUT2D eigenvalue weighted by molar-refractivity contribution is -0.0631. The minimum Gasteiger partial charge on any atom is -0.370 e. The van der Waals surface area contributed by atoms with Crippen molar-refractivity contribution in [3.05, 3.63) is 0 Å². The second-order valence-electron chi connectivity index (χ2n) is 6.84. The molecule has 0 bridgehead atoms. The van der Waals surface area contributed by atoms with Crippen molar-refractivity contribution >= 4 is 11.6 Å². The Hall–Kier alpha value is 0.210. The van der Waals surface area contributed by atoms with Crippen LogP contribution in [0.2, 0.25) is 0 Å². The molecule has 0 aromatic heterocycles. The predicted octanol–water partition coefficient (Wildman–Crippen LogP) is 4.01. The quantitative estimate of drug-likeness (QED) is 0.791. The molecule has 3 heteroatoms. The van der Waals surface area contributed by atoms with Crippen LogP contribution < -0.4 is 5.32 Å². The molecule has 0 aromatic carbocycles. The number of hydrogen-bond donors (Lipinski definition) is 1. The Morgan fingerprint density at radius 1 is 0.947 bits per heavy atom. The number of alkyl halides is 1. The van der Waals surface area contributed by atoms with E-state index in [0.717, 1.165) is 6.54 Å². The lowest BCUT2D eigenvalue weighted by atomic mass is 9.83. The van der Waals surface area contributed by atoms with Crippen molar-refractivity contribution < 1.29 is 4.74 Å². The zero-order chi connectivity index (χ0) is 13.1. The molecular formula is C16H28ClNO. The number of ether oxygens (including phenoxy) is 1. The van der Waals surface area contributed by atoms with Crippen molar-refractivity contribution in [2.75, 3.05) is 6.54 Å². The van der Waals surface area contributed by atoms with Gasteiger partial charge in [0.25, 0.3) is 0 Å². The molecule has 0 amide bonds. The van der Waals surface area contributed by atoms with Crippen LogP contribution in [0.15, 0.2) is 0 Å². The Morgan fingerprint density at radius 3 is 2.53 bits per heavy atom. The number of halogens is 1. The lowest BCUT2D eigenvalue weighted by Crippen LogP contribution is -2.43. The fourth-order valence-electron chi connectivity index (χ4n) is 4.20. The van der Waals surface area contributed by atoms with E-state index in [4.69, 9.17) is 16.3 Å². The van der Waals surface area contributed by atoms with E-state index >= 15 is 0 Å². The predicted molar refractivity (Wildman–Crippen MR) is 79.8 cm³/mol. The van der Waals surface area contributed by atoms with Crippen molar-refractivity contribution in [1.29, 1.82) is 0 Å². The van der Waals surface area contributed by atoms with Gasteiger partial charge in [0.1, 0.15) is 0 Å². The number of hydrogen-bond acceptors (Lipinski definition) is 2. The highest BCUT2D eigenvalue weighted by molar-refractivity contribution is 6.21. The third-order valence-corrected chi connectivity index (χ3v) is 5.92. The molecule has 0 aromatic rings. The molecule has 3 atom stereocenters. The first kappa shape index (κ1) is 14.2. The fraction of sp³-hybridized carbons (Fsp3) is 1.00. The zero-order valence-corrected chi connectivity index (χ0v) is 12.8. The lowest BCUT2D eigenvalue weighted by Gasteiger charge is -2.34. The van der Waals surface area contributed by atoms with Crippen LogP contribution in [-0.4, -0.2) is 29.7 Å². The average Bonchev–Trinajstić information content (AvgIpc) is 2.82. The molecule has 1 aliphatic heterocycles. The van der Waals surface area contributed by atoms with Gasteiger partial charge in [0.15, 0.2) is 0 Å². The molecule has 2 nitrogen and oxygen atoms in total. The summed E-state index contributed by atoms with van der Waals surface area (Å²) in [5.74, 6) is 0. The molecule has 3 rings (SSSR count). The summed E-state index contributed by atoms with van der Waals surface area (Å²) in [6, 6.07) is 0.516. The molecule has 19 heavy (non-hydrogen) atoms. The van der Waals surface area contributed by atoms with Crippen molar-refractivity contribution in [3.63, 3.8) is 0 Å². The summed E-state index contributed by atoms with van der Waals surface area (Å²) in [5.41, 5.74) is 0.261. The molecule has 1 spiro atoms. The van der Waals surface area contributed by atoms with E-state index in [1.165, 1.54) is 70.6 Å². The highest BCUT2D eigenvalue weighted by Crippen LogP contribution is 2.41. The van der Waals surface area contributed by atoms with E-state index in [1.54, 1.807) is 0 Å². The first-order valence-electron chi connectivity index (χ1n) is 8.33. The van der Waals surface area contributed by atoms with E-state index in [-0.39, 0.29) is 5.60 Å². The van der Waals surface area contributed by atoms with E-state index < -0.39 is 0 Å². The van der Waals surface area contributed by atoms with Crippen LogP contribution in [0.3, 0.4) is 0 Å². The van der Waals surface area contributed by atoms with Gasteiger partial charge in [-0.1, -0.05) is 32.1 Å². The topological polar surface area (TPSA) is 21.3 Å². The Morgan fingerprint density at radius 2 is 1.74 bits per heavy atom. The molecule has 1 saturated heterocycles. The molecule has 1 heterocycles. The molecule has 2 saturated carbocycles. The van der Waals surface area contributed by atoms with E-state index in [2.05, 4.69) is 5.32 Å². The van der Waals surface area contributed by atoms with Gasteiger partial charge in [-0.05, 0) is 38.5 Å². The summed E-state index contributed by atoms with van der Waals surface area (Å²) < 4.78 is 6.41. The van der Waals surface area contributed by atoms with E-state index in [1.807, 2.05) is 0 Å². The first-order valence-corrected chi connectivity index (χ1v) is 8.76. The molecule has 2 aliphatic carbocycles.